The molecule has 2 aromatic carbocycles. The number of allylic oxidation sites excluding steroid dienone is 1. The summed E-state index contributed by atoms with van der Waals surface area (Å²) in [7, 11) is 1.50. The second-order valence-electron chi connectivity index (χ2n) is 5.00. The first kappa shape index (κ1) is 13.5. The summed E-state index contributed by atoms with van der Waals surface area (Å²) in [6, 6.07) is 8.56. The van der Waals surface area contributed by atoms with E-state index >= 15 is 0 Å². The van der Waals surface area contributed by atoms with Gasteiger partial charge in [0.1, 0.15) is 5.75 Å². The molecule has 0 saturated carbocycles. The van der Waals surface area contributed by atoms with Gasteiger partial charge in [-0.15, -0.1) is 0 Å². The number of aliphatic hydroxyl groups excluding tert-OH is 1. The van der Waals surface area contributed by atoms with Crippen molar-refractivity contribution in [3.8, 4) is 28.4 Å². The summed E-state index contributed by atoms with van der Waals surface area (Å²) in [6.45, 7) is -0.112. The lowest BCUT2D eigenvalue weighted by atomic mass is 9.93. The molecule has 108 valence electrons. The fourth-order valence-corrected chi connectivity index (χ4v) is 2.72. The molecule has 4 nitrogen and oxygen atoms in total. The number of phenolic OH excluding ortho intramolecular Hbond substituents is 2. The molecule has 0 aliphatic heterocycles. The molecule has 1 aliphatic rings. The van der Waals surface area contributed by atoms with Gasteiger partial charge >= 0.3 is 0 Å². The summed E-state index contributed by atoms with van der Waals surface area (Å²) in [6.07, 6.45) is 2.52. The van der Waals surface area contributed by atoms with Crippen molar-refractivity contribution in [2.24, 2.45) is 0 Å². The quantitative estimate of drug-likeness (QED) is 0.793. The predicted molar refractivity (Wildman–Crippen MR) is 80.5 cm³/mol. The van der Waals surface area contributed by atoms with E-state index in [-0.39, 0.29) is 18.1 Å². The second-order valence-corrected chi connectivity index (χ2v) is 5.00. The van der Waals surface area contributed by atoms with Gasteiger partial charge in [-0.05, 0) is 58.5 Å². The van der Waals surface area contributed by atoms with Crippen LogP contribution in [0.25, 0.3) is 16.7 Å². The number of aliphatic hydroxyl groups is 1. The minimum atomic E-state index is -0.112. The molecule has 4 heteroatoms. The number of benzene rings is 2. The largest absolute Gasteiger partial charge is 0.508 e. The van der Waals surface area contributed by atoms with Crippen LogP contribution in [0.4, 0.5) is 0 Å². The normalized spacial score (nSPS) is 13.0. The van der Waals surface area contributed by atoms with Gasteiger partial charge < -0.3 is 20.1 Å². The number of phenols is 2. The molecule has 0 amide bonds. The molecule has 1 aliphatic carbocycles. The molecular weight excluding hydrogens is 268 g/mol. The Kier molecular flexibility index (Phi) is 3.31. The number of aromatic hydroxyl groups is 2. The van der Waals surface area contributed by atoms with Crippen LogP contribution < -0.4 is 4.74 Å². The Hall–Kier alpha value is -2.46. The maximum Gasteiger partial charge on any atom is 0.161 e. The van der Waals surface area contributed by atoms with Crippen LogP contribution in [0.1, 0.15) is 11.1 Å². The van der Waals surface area contributed by atoms with E-state index in [9.17, 15) is 15.3 Å². The monoisotopic (exact) mass is 284 g/mol. The van der Waals surface area contributed by atoms with Crippen LogP contribution in [-0.2, 0) is 6.42 Å². The summed E-state index contributed by atoms with van der Waals surface area (Å²) in [5.74, 6) is 0.631. The van der Waals surface area contributed by atoms with Gasteiger partial charge in [-0.3, -0.25) is 0 Å². The third-order valence-corrected chi connectivity index (χ3v) is 3.78. The van der Waals surface area contributed by atoms with Crippen molar-refractivity contribution in [2.75, 3.05) is 13.7 Å². The predicted octanol–water partition coefficient (Wildman–Crippen LogP) is 2.71. The highest BCUT2D eigenvalue weighted by Gasteiger charge is 2.19. The molecule has 3 N–H and O–H groups in total. The first-order chi connectivity index (χ1) is 10.1. The first-order valence-electron chi connectivity index (χ1n) is 6.67. The van der Waals surface area contributed by atoms with Crippen LogP contribution in [-0.4, -0.2) is 29.0 Å². The SMILES string of the molecule is COc1cc2c(cc1O)C(CO)=CCc1cc(O)ccc1-2. The van der Waals surface area contributed by atoms with Gasteiger partial charge in [-0.2, -0.15) is 0 Å². The highest BCUT2D eigenvalue weighted by molar-refractivity contribution is 5.87. The van der Waals surface area contributed by atoms with Gasteiger partial charge in [0.2, 0.25) is 0 Å². The van der Waals surface area contributed by atoms with Crippen molar-refractivity contribution in [3.63, 3.8) is 0 Å². The molecule has 2 aromatic rings. The van der Waals surface area contributed by atoms with Crippen molar-refractivity contribution >= 4 is 5.57 Å². The Morgan fingerprint density at radius 3 is 2.57 bits per heavy atom. The lowest BCUT2D eigenvalue weighted by Crippen LogP contribution is -1.95. The van der Waals surface area contributed by atoms with Crippen molar-refractivity contribution in [2.45, 2.75) is 6.42 Å². The minimum absolute atomic E-state index is 0.0397. The lowest BCUT2D eigenvalue weighted by Gasteiger charge is -2.14. The van der Waals surface area contributed by atoms with Gasteiger partial charge in [-0.25, -0.2) is 0 Å². The van der Waals surface area contributed by atoms with E-state index in [2.05, 4.69) is 0 Å². The van der Waals surface area contributed by atoms with Gasteiger partial charge in [0.25, 0.3) is 0 Å². The van der Waals surface area contributed by atoms with Crippen LogP contribution >= 0.6 is 0 Å². The Morgan fingerprint density at radius 2 is 1.86 bits per heavy atom. The van der Waals surface area contributed by atoms with Crippen LogP contribution in [0.5, 0.6) is 17.2 Å². The smallest absolute Gasteiger partial charge is 0.161 e. The van der Waals surface area contributed by atoms with E-state index in [1.54, 1.807) is 24.3 Å². The second kappa shape index (κ2) is 5.14. The molecule has 3 rings (SSSR count). The van der Waals surface area contributed by atoms with Crippen LogP contribution in [0, 0.1) is 0 Å². The standard InChI is InChI=1S/C17H16O4/c1-21-17-8-15-13-5-4-12(19)6-10(13)2-3-11(9-18)14(15)7-16(17)20/h3-8,18-20H,2,9H2,1H3. The molecule has 0 unspecified atom stereocenters. The Bertz CT molecular complexity index is 732. The van der Waals surface area contributed by atoms with Gasteiger partial charge in [0, 0.05) is 0 Å². The fraction of sp³-hybridized carbons (Fsp3) is 0.176. The average Bonchev–Trinajstić information content (AvgIpc) is 2.62. The van der Waals surface area contributed by atoms with Gasteiger partial charge in [0.15, 0.2) is 11.5 Å². The summed E-state index contributed by atoms with van der Waals surface area (Å²) in [5.41, 5.74) is 4.32. The van der Waals surface area contributed by atoms with Gasteiger partial charge in [0.05, 0.1) is 13.7 Å². The third-order valence-electron chi connectivity index (χ3n) is 3.78. The topological polar surface area (TPSA) is 69.9 Å². The molecule has 0 saturated heterocycles. The first-order valence-corrected chi connectivity index (χ1v) is 6.67. The zero-order valence-electron chi connectivity index (χ0n) is 11.6. The number of hydrogen-bond acceptors (Lipinski definition) is 4. The minimum Gasteiger partial charge on any atom is -0.508 e. The number of rotatable bonds is 2. The van der Waals surface area contributed by atoms with E-state index in [1.807, 2.05) is 12.1 Å². The van der Waals surface area contributed by atoms with Crippen molar-refractivity contribution < 1.29 is 20.1 Å². The molecule has 0 atom stereocenters. The molecule has 0 aromatic heterocycles. The summed E-state index contributed by atoms with van der Waals surface area (Å²) >= 11 is 0. The molecule has 0 heterocycles. The maximum absolute atomic E-state index is 9.99. The van der Waals surface area contributed by atoms with Crippen LogP contribution in [0.15, 0.2) is 36.4 Å². The fourth-order valence-electron chi connectivity index (χ4n) is 2.72. The number of hydrogen-bond donors (Lipinski definition) is 3. The Balaban J connectivity index is 2.32. The summed E-state index contributed by atoms with van der Waals surface area (Å²) in [4.78, 5) is 0. The molecule has 0 radical (unpaired) electrons. The highest BCUT2D eigenvalue weighted by atomic mass is 16.5. The number of fused-ring (bicyclic) bond motifs is 3. The van der Waals surface area contributed by atoms with E-state index in [0.717, 1.165) is 27.8 Å². The van der Waals surface area contributed by atoms with Crippen molar-refractivity contribution in [1.82, 2.24) is 0 Å². The van der Waals surface area contributed by atoms with E-state index in [0.29, 0.717) is 12.2 Å². The molecular formula is C17H16O4. The van der Waals surface area contributed by atoms with Crippen molar-refractivity contribution in [1.29, 1.82) is 0 Å². The van der Waals surface area contributed by atoms with E-state index < -0.39 is 0 Å². The zero-order chi connectivity index (χ0) is 15.0. The Labute approximate surface area is 122 Å². The third kappa shape index (κ3) is 2.23. The summed E-state index contributed by atoms with van der Waals surface area (Å²) in [5, 5.41) is 29.2. The molecule has 21 heavy (non-hydrogen) atoms. The molecule has 0 spiro atoms. The van der Waals surface area contributed by atoms with E-state index in [1.165, 1.54) is 7.11 Å². The number of ether oxygens (including phenoxy) is 1. The van der Waals surface area contributed by atoms with Gasteiger partial charge in [-0.1, -0.05) is 12.1 Å². The summed E-state index contributed by atoms with van der Waals surface area (Å²) < 4.78 is 5.18. The lowest BCUT2D eigenvalue weighted by molar-refractivity contribution is 0.349. The van der Waals surface area contributed by atoms with Crippen molar-refractivity contribution in [3.05, 3.63) is 47.5 Å². The van der Waals surface area contributed by atoms with Crippen LogP contribution in [0.2, 0.25) is 0 Å². The average molecular weight is 284 g/mol. The zero-order valence-corrected chi connectivity index (χ0v) is 11.6. The maximum atomic E-state index is 9.99. The van der Waals surface area contributed by atoms with Crippen LogP contribution in [0.3, 0.4) is 0 Å². The number of methoxy groups -OCH3 is 1. The van der Waals surface area contributed by atoms with E-state index in [4.69, 9.17) is 4.74 Å². The Morgan fingerprint density at radius 1 is 1.05 bits per heavy atom. The molecule has 0 fully saturated rings. The molecule has 0 bridgehead atoms. The highest BCUT2D eigenvalue weighted by Crippen LogP contribution is 2.41.